The number of rotatable bonds is 10. The number of halogens is 2. The summed E-state index contributed by atoms with van der Waals surface area (Å²) < 4.78 is 30.3. The number of esters is 3. The third kappa shape index (κ3) is 7.34. The van der Waals surface area contributed by atoms with E-state index < -0.39 is 29.5 Å². The largest absolute Gasteiger partial charge is 0.490 e. The molecule has 3 aromatic rings. The lowest BCUT2D eigenvalue weighted by molar-refractivity contribution is -0.143. The van der Waals surface area contributed by atoms with Crippen molar-refractivity contribution in [1.82, 2.24) is 4.57 Å². The third-order valence-electron chi connectivity index (χ3n) is 6.24. The van der Waals surface area contributed by atoms with Gasteiger partial charge >= 0.3 is 17.9 Å². The zero-order valence-corrected chi connectivity index (χ0v) is 29.5. The SMILES string of the molecule is CCOC(=O)C1=C(C)N=c2s/c(=C/c3cc(I)cc(I)c3OC(C)=O)c(=O)n2[C@H]1c1ccc(OCC(=O)OC)c(OCC)c1. The zero-order valence-electron chi connectivity index (χ0n) is 24.4. The molecule has 4 rings (SSSR count). The van der Waals surface area contributed by atoms with E-state index in [1.165, 1.54) is 18.6 Å². The van der Waals surface area contributed by atoms with Crippen LogP contribution in [0.3, 0.4) is 0 Å². The summed E-state index contributed by atoms with van der Waals surface area (Å²) in [6.45, 7) is 6.58. The number of aromatic nitrogens is 1. The average Bonchev–Trinajstić information content (AvgIpc) is 3.27. The highest BCUT2D eigenvalue weighted by molar-refractivity contribution is 14.1. The molecule has 0 radical (unpaired) electrons. The monoisotopic (exact) mass is 846 g/mol. The van der Waals surface area contributed by atoms with Crippen LogP contribution < -0.4 is 29.1 Å². The molecular weight excluding hydrogens is 818 g/mol. The molecule has 0 unspecified atom stereocenters. The maximum atomic E-state index is 14.1. The summed E-state index contributed by atoms with van der Waals surface area (Å²) in [4.78, 5) is 55.9. The highest BCUT2D eigenvalue weighted by atomic mass is 127. The highest BCUT2D eigenvalue weighted by Gasteiger charge is 2.34. The standard InChI is InChI=1S/C30H28I2N2O9S/c1-6-40-22-11-17(8-9-21(22)42-14-24(36)39-5)26-25(29(38)41-7-2)15(3)33-30-34(26)28(37)23(44-30)12-18-10-19(31)13-20(32)27(18)43-16(4)35/h8-13,26H,6-7,14H2,1-5H3/b23-12+/t26-/m0/s1. The molecule has 1 aliphatic rings. The van der Waals surface area contributed by atoms with Crippen LogP contribution in [0.15, 0.2) is 51.4 Å². The zero-order chi connectivity index (χ0) is 32.1. The molecule has 1 aliphatic heterocycles. The molecular formula is C30H28I2N2O9S. The topological polar surface area (TPSA) is 132 Å². The molecule has 0 saturated carbocycles. The fraction of sp³-hybridized carbons (Fsp3) is 0.300. The Morgan fingerprint density at radius 3 is 2.48 bits per heavy atom. The van der Waals surface area contributed by atoms with Crippen LogP contribution in [0.5, 0.6) is 17.2 Å². The van der Waals surface area contributed by atoms with Gasteiger partial charge in [0.2, 0.25) is 0 Å². The number of carbonyl (C=O) groups is 3. The van der Waals surface area contributed by atoms with Gasteiger partial charge in [-0.2, -0.15) is 0 Å². The Kier molecular flexibility index (Phi) is 11.2. The molecule has 0 amide bonds. The molecule has 0 N–H and O–H groups in total. The van der Waals surface area contributed by atoms with Gasteiger partial charge in [0, 0.05) is 16.1 Å². The van der Waals surface area contributed by atoms with Crippen LogP contribution >= 0.6 is 56.5 Å². The van der Waals surface area contributed by atoms with Crippen molar-refractivity contribution in [1.29, 1.82) is 0 Å². The van der Waals surface area contributed by atoms with Crippen molar-refractivity contribution in [2.24, 2.45) is 4.99 Å². The van der Waals surface area contributed by atoms with E-state index in [2.05, 4.69) is 54.9 Å². The number of allylic oxidation sites excluding steroid dienone is 1. The van der Waals surface area contributed by atoms with Gasteiger partial charge < -0.3 is 23.7 Å². The van der Waals surface area contributed by atoms with Gasteiger partial charge in [-0.25, -0.2) is 14.6 Å². The predicted molar refractivity (Wildman–Crippen MR) is 179 cm³/mol. The molecule has 0 spiro atoms. The lowest BCUT2D eigenvalue weighted by Crippen LogP contribution is -2.40. The summed E-state index contributed by atoms with van der Waals surface area (Å²) in [7, 11) is 1.26. The number of benzene rings is 2. The maximum Gasteiger partial charge on any atom is 0.343 e. The van der Waals surface area contributed by atoms with Gasteiger partial charge in [-0.3, -0.25) is 14.2 Å². The van der Waals surface area contributed by atoms with Gasteiger partial charge in [0.05, 0.1) is 45.7 Å². The minimum Gasteiger partial charge on any atom is -0.490 e. The van der Waals surface area contributed by atoms with Gasteiger partial charge in [-0.1, -0.05) is 17.4 Å². The highest BCUT2D eigenvalue weighted by Crippen LogP contribution is 2.36. The molecule has 11 nitrogen and oxygen atoms in total. The van der Waals surface area contributed by atoms with Crippen molar-refractivity contribution in [3.63, 3.8) is 0 Å². The Bertz CT molecular complexity index is 1850. The number of nitrogens with zero attached hydrogens (tertiary/aromatic N) is 2. The van der Waals surface area contributed by atoms with Crippen molar-refractivity contribution < 1.29 is 38.1 Å². The van der Waals surface area contributed by atoms with Crippen LogP contribution in [-0.2, 0) is 23.9 Å². The van der Waals surface area contributed by atoms with Crippen molar-refractivity contribution in [3.8, 4) is 17.2 Å². The van der Waals surface area contributed by atoms with Crippen molar-refractivity contribution in [3.05, 3.63) is 79.6 Å². The number of fused-ring (bicyclic) bond motifs is 1. The summed E-state index contributed by atoms with van der Waals surface area (Å²) in [6.07, 6.45) is 1.66. The fourth-order valence-electron chi connectivity index (χ4n) is 4.46. The average molecular weight is 846 g/mol. The maximum absolute atomic E-state index is 14.1. The lowest BCUT2D eigenvalue weighted by atomic mass is 9.95. The second kappa shape index (κ2) is 14.7. The van der Waals surface area contributed by atoms with E-state index >= 15 is 0 Å². The molecule has 44 heavy (non-hydrogen) atoms. The molecule has 2 heterocycles. The van der Waals surface area contributed by atoms with E-state index in [0.717, 1.165) is 14.9 Å². The number of thiazole rings is 1. The van der Waals surface area contributed by atoms with E-state index in [9.17, 15) is 19.2 Å². The predicted octanol–water partition coefficient (Wildman–Crippen LogP) is 3.88. The molecule has 1 atom stereocenters. The van der Waals surface area contributed by atoms with Crippen LogP contribution in [0.2, 0.25) is 0 Å². The molecule has 0 fully saturated rings. The number of carbonyl (C=O) groups excluding carboxylic acids is 3. The first-order valence-corrected chi connectivity index (χ1v) is 16.3. The first-order chi connectivity index (χ1) is 21.0. The Morgan fingerprint density at radius 2 is 1.82 bits per heavy atom. The van der Waals surface area contributed by atoms with E-state index in [1.807, 2.05) is 12.1 Å². The normalized spacial score (nSPS) is 14.4. The van der Waals surface area contributed by atoms with Crippen LogP contribution in [-0.4, -0.2) is 49.4 Å². The summed E-state index contributed by atoms with van der Waals surface area (Å²) in [5.41, 5.74) is 1.27. The van der Waals surface area contributed by atoms with Gasteiger partial charge in [-0.15, -0.1) is 0 Å². The Hall–Kier alpha value is -3.25. The van der Waals surface area contributed by atoms with Crippen LogP contribution in [0.4, 0.5) is 0 Å². The smallest absolute Gasteiger partial charge is 0.343 e. The third-order valence-corrected chi connectivity index (χ3v) is 8.65. The van der Waals surface area contributed by atoms with Gasteiger partial charge in [-0.05, 0) is 102 Å². The first-order valence-electron chi connectivity index (χ1n) is 13.3. The number of hydrogen-bond acceptors (Lipinski definition) is 11. The quantitative estimate of drug-likeness (QED) is 0.170. The molecule has 14 heteroatoms. The first kappa shape index (κ1) is 33.6. The Balaban J connectivity index is 1.94. The molecule has 1 aromatic heterocycles. The Labute approximate surface area is 283 Å². The molecule has 0 saturated heterocycles. The van der Waals surface area contributed by atoms with Crippen molar-refractivity contribution >= 4 is 80.5 Å². The lowest BCUT2D eigenvalue weighted by Gasteiger charge is -2.25. The number of ether oxygens (including phenoxy) is 5. The van der Waals surface area contributed by atoms with Crippen molar-refractivity contribution in [2.75, 3.05) is 26.9 Å². The minimum absolute atomic E-state index is 0.126. The summed E-state index contributed by atoms with van der Waals surface area (Å²) in [6, 6.07) is 7.73. The molecule has 0 bridgehead atoms. The van der Waals surface area contributed by atoms with Gasteiger partial charge in [0.1, 0.15) is 0 Å². The van der Waals surface area contributed by atoms with Crippen molar-refractivity contribution in [2.45, 2.75) is 33.7 Å². The van der Waals surface area contributed by atoms with Gasteiger partial charge in [0.25, 0.3) is 5.56 Å². The molecule has 2 aromatic carbocycles. The van der Waals surface area contributed by atoms with Gasteiger partial charge in [0.15, 0.2) is 28.7 Å². The van der Waals surface area contributed by atoms with E-state index in [1.54, 1.807) is 45.0 Å². The summed E-state index contributed by atoms with van der Waals surface area (Å²) in [5.74, 6) is -0.716. The van der Waals surface area contributed by atoms with Crippen LogP contribution in [0.25, 0.3) is 6.08 Å². The molecule has 0 aliphatic carbocycles. The van der Waals surface area contributed by atoms with Crippen LogP contribution in [0, 0.1) is 7.14 Å². The summed E-state index contributed by atoms with van der Waals surface area (Å²) in [5, 5.41) is 0. The summed E-state index contributed by atoms with van der Waals surface area (Å²) >= 11 is 5.38. The molecule has 232 valence electrons. The minimum atomic E-state index is -0.912. The Morgan fingerprint density at radius 1 is 1.07 bits per heavy atom. The number of hydrogen-bond donors (Lipinski definition) is 0. The van der Waals surface area contributed by atoms with Crippen LogP contribution in [0.1, 0.15) is 44.9 Å². The fourth-order valence-corrected chi connectivity index (χ4v) is 7.50. The van der Waals surface area contributed by atoms with E-state index in [0.29, 0.717) is 47.8 Å². The number of methoxy groups -OCH3 is 1. The second-order valence-corrected chi connectivity index (χ2v) is 12.6. The van der Waals surface area contributed by atoms with E-state index in [-0.39, 0.29) is 24.5 Å². The van der Waals surface area contributed by atoms with E-state index in [4.69, 9.17) is 18.9 Å². The second-order valence-electron chi connectivity index (χ2n) is 9.21.